The van der Waals surface area contributed by atoms with E-state index in [1.807, 2.05) is 0 Å². The Morgan fingerprint density at radius 1 is 1.54 bits per heavy atom. The van der Waals surface area contributed by atoms with E-state index in [2.05, 4.69) is 19.5 Å². The number of nitrogen functional groups attached to an aromatic ring is 1. The molecule has 2 aromatic heterocycles. The summed E-state index contributed by atoms with van der Waals surface area (Å²) in [7, 11) is -4.66. The standard InChI is InChI=1S/C10H14N5O7P.Na.H/c11-10-13-8-7(9(17)14-10)12-3-15(8)6-1-4(16)5(22-6)2-21-23(18,19)20;;/h3-6,16H,1-2H2,(H2,18,19,20)(H3,11,13,14,17);;/t4-,5+,6+;;/m0../s1. The second kappa shape index (κ2) is 7.20. The molecule has 1 aliphatic rings. The van der Waals surface area contributed by atoms with Crippen LogP contribution < -0.4 is 11.3 Å². The molecule has 0 saturated carbocycles. The summed E-state index contributed by atoms with van der Waals surface area (Å²) in [5.74, 6) is -0.0934. The van der Waals surface area contributed by atoms with Crippen LogP contribution in [0.3, 0.4) is 0 Å². The number of fused-ring (bicyclic) bond motifs is 1. The van der Waals surface area contributed by atoms with E-state index in [1.54, 1.807) is 0 Å². The number of phosphoric ester groups is 1. The van der Waals surface area contributed by atoms with Crippen LogP contribution >= 0.6 is 7.82 Å². The van der Waals surface area contributed by atoms with E-state index in [4.69, 9.17) is 20.3 Å². The van der Waals surface area contributed by atoms with Gasteiger partial charge in [0.15, 0.2) is 11.2 Å². The topological polar surface area (TPSA) is 186 Å². The number of H-pyrrole nitrogens is 1. The molecule has 0 aliphatic carbocycles. The number of hydrogen-bond donors (Lipinski definition) is 5. The van der Waals surface area contributed by atoms with Gasteiger partial charge in [-0.1, -0.05) is 0 Å². The molecule has 3 rings (SSSR count). The first kappa shape index (κ1) is 19.5. The number of aliphatic hydroxyl groups excluding tert-OH is 1. The van der Waals surface area contributed by atoms with Crippen LogP contribution in [-0.2, 0) is 13.8 Å². The second-order valence-electron chi connectivity index (χ2n) is 4.99. The normalized spacial score (nSPS) is 24.2. The van der Waals surface area contributed by atoms with Gasteiger partial charge in [-0.2, -0.15) is 4.98 Å². The number of aromatic amines is 1. The Bertz CT molecular complexity index is 835. The van der Waals surface area contributed by atoms with Crippen molar-refractivity contribution in [1.29, 1.82) is 0 Å². The molecule has 0 unspecified atom stereocenters. The fourth-order valence-corrected chi connectivity index (χ4v) is 2.70. The van der Waals surface area contributed by atoms with Gasteiger partial charge in [0.25, 0.3) is 5.56 Å². The molecule has 1 aliphatic heterocycles. The minimum atomic E-state index is -4.66. The number of ether oxygens (including phenoxy) is 1. The van der Waals surface area contributed by atoms with Gasteiger partial charge < -0.3 is 25.4 Å². The molecule has 128 valence electrons. The van der Waals surface area contributed by atoms with Gasteiger partial charge in [0.1, 0.15) is 12.3 Å². The first-order chi connectivity index (χ1) is 10.7. The number of rotatable bonds is 4. The van der Waals surface area contributed by atoms with Crippen LogP contribution in [-0.4, -0.2) is 82.8 Å². The average Bonchev–Trinajstić information content (AvgIpc) is 2.99. The molecule has 1 fully saturated rings. The van der Waals surface area contributed by atoms with E-state index in [9.17, 15) is 14.5 Å². The third-order valence-electron chi connectivity index (χ3n) is 3.37. The van der Waals surface area contributed by atoms with Gasteiger partial charge in [-0.25, -0.2) is 9.55 Å². The van der Waals surface area contributed by atoms with Crippen molar-refractivity contribution in [3.63, 3.8) is 0 Å². The molecule has 3 heterocycles. The summed E-state index contributed by atoms with van der Waals surface area (Å²) in [5, 5.41) is 9.93. The quantitative estimate of drug-likeness (QED) is 0.292. The zero-order valence-corrected chi connectivity index (χ0v) is 12.5. The van der Waals surface area contributed by atoms with Crippen molar-refractivity contribution >= 4 is 54.5 Å². The number of nitrogens with zero attached hydrogens (tertiary/aromatic N) is 3. The molecule has 12 nitrogen and oxygen atoms in total. The van der Waals surface area contributed by atoms with Crippen molar-refractivity contribution in [2.24, 2.45) is 0 Å². The predicted molar refractivity (Wildman–Crippen MR) is 82.2 cm³/mol. The van der Waals surface area contributed by atoms with Gasteiger partial charge in [0.2, 0.25) is 5.95 Å². The van der Waals surface area contributed by atoms with Crippen LogP contribution in [0.25, 0.3) is 11.2 Å². The van der Waals surface area contributed by atoms with Crippen LogP contribution in [0, 0.1) is 0 Å². The number of nitrogens with one attached hydrogen (secondary N) is 1. The first-order valence-corrected chi connectivity index (χ1v) is 8.03. The van der Waals surface area contributed by atoms with Crippen molar-refractivity contribution in [2.75, 3.05) is 12.3 Å². The number of aromatic nitrogens is 4. The molecule has 0 bridgehead atoms. The Morgan fingerprint density at radius 3 is 2.92 bits per heavy atom. The molecule has 0 spiro atoms. The number of nitrogens with two attached hydrogens (primary N) is 1. The molecule has 0 aromatic carbocycles. The zero-order valence-electron chi connectivity index (χ0n) is 11.6. The maximum absolute atomic E-state index is 11.7. The van der Waals surface area contributed by atoms with Crippen molar-refractivity contribution < 1.29 is 28.7 Å². The molecular formula is C10H15N5NaO7P. The molecule has 24 heavy (non-hydrogen) atoms. The van der Waals surface area contributed by atoms with E-state index >= 15 is 0 Å². The van der Waals surface area contributed by atoms with Gasteiger partial charge in [-0.05, 0) is 0 Å². The third kappa shape index (κ3) is 4.04. The van der Waals surface area contributed by atoms with E-state index in [-0.39, 0.29) is 53.1 Å². The molecule has 14 heteroatoms. The third-order valence-corrected chi connectivity index (χ3v) is 3.86. The number of hydrogen-bond acceptors (Lipinski definition) is 8. The molecule has 1 saturated heterocycles. The van der Waals surface area contributed by atoms with Crippen molar-refractivity contribution in [3.05, 3.63) is 16.7 Å². The Kier molecular flexibility index (Phi) is 5.85. The molecule has 6 N–H and O–H groups in total. The summed E-state index contributed by atoms with van der Waals surface area (Å²) < 4.78 is 22.0. The first-order valence-electron chi connectivity index (χ1n) is 6.50. The van der Waals surface area contributed by atoms with Gasteiger partial charge >= 0.3 is 37.4 Å². The summed E-state index contributed by atoms with van der Waals surface area (Å²) in [6.45, 7) is -0.481. The summed E-state index contributed by atoms with van der Waals surface area (Å²) in [5.41, 5.74) is 5.23. The Labute approximate surface area is 156 Å². The summed E-state index contributed by atoms with van der Waals surface area (Å²) >= 11 is 0. The summed E-state index contributed by atoms with van der Waals surface area (Å²) in [6.07, 6.45) is -1.26. The molecule has 2 aromatic rings. The maximum atomic E-state index is 11.7. The monoisotopic (exact) mass is 371 g/mol. The zero-order chi connectivity index (χ0) is 16.8. The number of anilines is 1. The van der Waals surface area contributed by atoms with Crippen LogP contribution in [0.15, 0.2) is 11.1 Å². The fraction of sp³-hybridized carbons (Fsp3) is 0.500. The van der Waals surface area contributed by atoms with E-state index in [0.717, 1.165) is 0 Å². The van der Waals surface area contributed by atoms with Crippen molar-refractivity contribution in [2.45, 2.75) is 24.9 Å². The molecular weight excluding hydrogens is 356 g/mol. The Balaban J connectivity index is 0.00000208. The minimum absolute atomic E-state index is 0. The van der Waals surface area contributed by atoms with Gasteiger partial charge in [0.05, 0.1) is 19.0 Å². The molecule has 0 radical (unpaired) electrons. The SMILES string of the molecule is Nc1nc2c(ncn2[C@H]2C[C@H](O)[C@@H](COP(=O)(O)O)O2)c(=O)[nH]1.[NaH]. The van der Waals surface area contributed by atoms with Crippen LogP contribution in [0.4, 0.5) is 5.95 Å². The van der Waals surface area contributed by atoms with Gasteiger partial charge in [0, 0.05) is 6.42 Å². The van der Waals surface area contributed by atoms with E-state index < -0.39 is 38.4 Å². The van der Waals surface area contributed by atoms with Crippen LogP contribution in [0.5, 0.6) is 0 Å². The van der Waals surface area contributed by atoms with Gasteiger partial charge in [-0.15, -0.1) is 0 Å². The second-order valence-corrected chi connectivity index (χ2v) is 6.23. The van der Waals surface area contributed by atoms with Crippen LogP contribution in [0.2, 0.25) is 0 Å². The number of phosphoric acid groups is 1. The van der Waals surface area contributed by atoms with E-state index in [0.29, 0.717) is 0 Å². The average molecular weight is 371 g/mol. The number of aliphatic hydroxyl groups is 1. The predicted octanol–water partition coefficient (Wildman–Crippen LogP) is -2.19. The van der Waals surface area contributed by atoms with Crippen molar-refractivity contribution in [3.8, 4) is 0 Å². The number of imidazole rings is 1. The molecule has 0 amide bonds. The van der Waals surface area contributed by atoms with Crippen LogP contribution in [0.1, 0.15) is 12.6 Å². The van der Waals surface area contributed by atoms with Crippen molar-refractivity contribution in [1.82, 2.24) is 19.5 Å². The Hall–Kier alpha value is -0.820. The molecule has 3 atom stereocenters. The van der Waals surface area contributed by atoms with Gasteiger partial charge in [-0.3, -0.25) is 18.9 Å². The summed E-state index contributed by atoms with van der Waals surface area (Å²) in [6, 6.07) is 0. The van der Waals surface area contributed by atoms with E-state index in [1.165, 1.54) is 10.9 Å². The fourth-order valence-electron chi connectivity index (χ4n) is 2.36. The Morgan fingerprint density at radius 2 is 2.25 bits per heavy atom. The summed E-state index contributed by atoms with van der Waals surface area (Å²) in [4.78, 5) is 39.3.